The van der Waals surface area contributed by atoms with Crippen LogP contribution in [0.4, 0.5) is 5.69 Å². The van der Waals surface area contributed by atoms with Gasteiger partial charge in [0.2, 0.25) is 0 Å². The predicted molar refractivity (Wildman–Crippen MR) is 122 cm³/mol. The van der Waals surface area contributed by atoms with Crippen LogP contribution in [0.15, 0.2) is 69.6 Å². The van der Waals surface area contributed by atoms with Crippen LogP contribution in [0, 0.1) is 0 Å². The monoisotopic (exact) mass is 502 g/mol. The third-order valence-electron chi connectivity index (χ3n) is 4.87. The average molecular weight is 504 g/mol. The highest BCUT2D eigenvalue weighted by Crippen LogP contribution is 2.36. The predicted octanol–water partition coefficient (Wildman–Crippen LogP) is 6.32. The summed E-state index contributed by atoms with van der Waals surface area (Å²) in [5, 5.41) is 16.4. The Bertz CT molecular complexity index is 1080. The van der Waals surface area contributed by atoms with Crippen LogP contribution < -0.4 is 10.1 Å². The molecular weight excluding hydrogens is 484 g/mol. The molecule has 4 nitrogen and oxygen atoms in total. The van der Waals surface area contributed by atoms with Crippen molar-refractivity contribution in [2.75, 3.05) is 12.4 Å². The number of aliphatic hydroxyl groups excluding tert-OH is 1. The van der Waals surface area contributed by atoms with Crippen LogP contribution in [0.5, 0.6) is 5.75 Å². The van der Waals surface area contributed by atoms with Gasteiger partial charge in [0, 0.05) is 25.4 Å². The van der Waals surface area contributed by atoms with Gasteiger partial charge in [-0.15, -0.1) is 0 Å². The van der Waals surface area contributed by atoms with Crippen LogP contribution in [0.25, 0.3) is 21.8 Å². The van der Waals surface area contributed by atoms with Crippen LogP contribution in [0.1, 0.15) is 13.1 Å². The number of hydrogen-bond donors (Lipinski definition) is 2. The molecule has 3 aromatic carbocycles. The molecule has 0 fully saturated rings. The van der Waals surface area contributed by atoms with Crippen molar-refractivity contribution in [3.05, 3.63) is 69.6 Å². The Kier molecular flexibility index (Phi) is 5.36. The summed E-state index contributed by atoms with van der Waals surface area (Å²) < 4.78 is 9.45. The molecule has 1 aromatic heterocycles. The fraction of sp³-hybridized carbons (Fsp3) is 0.182. The number of rotatable bonds is 5. The number of nitrogens with zero attached hydrogens (tertiary/aromatic N) is 1. The van der Waals surface area contributed by atoms with E-state index in [2.05, 4.69) is 66.0 Å². The van der Waals surface area contributed by atoms with Gasteiger partial charge in [-0.1, -0.05) is 31.9 Å². The highest BCUT2D eigenvalue weighted by Gasteiger charge is 2.22. The van der Waals surface area contributed by atoms with Crippen LogP contribution in [0.3, 0.4) is 0 Å². The first-order valence-corrected chi connectivity index (χ1v) is 10.5. The third kappa shape index (κ3) is 3.52. The number of methoxy groups -OCH3 is 1. The summed E-state index contributed by atoms with van der Waals surface area (Å²) in [7, 11) is 1.65. The van der Waals surface area contributed by atoms with Gasteiger partial charge in [0.05, 0.1) is 24.2 Å². The van der Waals surface area contributed by atoms with Crippen molar-refractivity contribution in [2.24, 2.45) is 0 Å². The molecule has 0 bridgehead atoms. The molecule has 0 aliphatic carbocycles. The maximum absolute atomic E-state index is 10.6. The number of halogens is 2. The van der Waals surface area contributed by atoms with Gasteiger partial charge in [0.15, 0.2) is 0 Å². The summed E-state index contributed by atoms with van der Waals surface area (Å²) in [5.74, 6) is 0.797. The van der Waals surface area contributed by atoms with Crippen molar-refractivity contribution >= 4 is 59.4 Å². The minimum atomic E-state index is -0.617. The van der Waals surface area contributed by atoms with Crippen molar-refractivity contribution in [2.45, 2.75) is 19.2 Å². The minimum absolute atomic E-state index is 0.337. The molecule has 0 spiro atoms. The van der Waals surface area contributed by atoms with E-state index in [1.807, 2.05) is 36.4 Å². The van der Waals surface area contributed by atoms with Crippen LogP contribution in [0.2, 0.25) is 0 Å². The zero-order valence-electron chi connectivity index (χ0n) is 15.5. The normalized spacial score (nSPS) is 13.6. The summed E-state index contributed by atoms with van der Waals surface area (Å²) in [6.07, 6.45) is -0.955. The summed E-state index contributed by atoms with van der Waals surface area (Å²) in [5.41, 5.74) is 3.03. The molecule has 2 unspecified atom stereocenters. The molecule has 0 saturated heterocycles. The highest BCUT2D eigenvalue weighted by molar-refractivity contribution is 9.10. The van der Waals surface area contributed by atoms with Crippen molar-refractivity contribution in [1.29, 1.82) is 0 Å². The Morgan fingerprint density at radius 2 is 1.43 bits per heavy atom. The zero-order chi connectivity index (χ0) is 19.8. The Morgan fingerprint density at radius 1 is 0.893 bits per heavy atom. The largest absolute Gasteiger partial charge is 0.497 e. The molecule has 144 valence electrons. The number of fused-ring (bicyclic) bond motifs is 3. The topological polar surface area (TPSA) is 46.4 Å². The van der Waals surface area contributed by atoms with Crippen molar-refractivity contribution in [1.82, 2.24) is 4.57 Å². The SMILES string of the molecule is COc1ccc(NC(C(C)O)n2c3ccc(Br)cc3c3cc(Br)ccc32)cc1. The van der Waals surface area contributed by atoms with Gasteiger partial charge in [-0.3, -0.25) is 0 Å². The maximum atomic E-state index is 10.6. The molecule has 6 heteroatoms. The minimum Gasteiger partial charge on any atom is -0.497 e. The third-order valence-corrected chi connectivity index (χ3v) is 5.85. The molecule has 0 saturated carbocycles. The van der Waals surface area contributed by atoms with Crippen molar-refractivity contribution < 1.29 is 9.84 Å². The van der Waals surface area contributed by atoms with E-state index in [0.717, 1.165) is 42.2 Å². The number of nitrogens with one attached hydrogen (secondary N) is 1. The number of anilines is 1. The Morgan fingerprint density at radius 3 is 1.89 bits per heavy atom. The maximum Gasteiger partial charge on any atom is 0.130 e. The Balaban J connectivity index is 1.89. The second kappa shape index (κ2) is 7.78. The van der Waals surface area contributed by atoms with E-state index >= 15 is 0 Å². The van der Waals surface area contributed by atoms with Crippen LogP contribution >= 0.6 is 31.9 Å². The van der Waals surface area contributed by atoms with Crippen molar-refractivity contribution in [3.63, 3.8) is 0 Å². The lowest BCUT2D eigenvalue weighted by Gasteiger charge is -2.26. The second-order valence-electron chi connectivity index (χ2n) is 6.75. The number of hydrogen-bond acceptors (Lipinski definition) is 3. The number of benzene rings is 3. The molecule has 0 amide bonds. The van der Waals surface area contributed by atoms with E-state index in [1.165, 1.54) is 0 Å². The van der Waals surface area contributed by atoms with E-state index in [4.69, 9.17) is 4.74 Å². The summed E-state index contributed by atoms with van der Waals surface area (Å²) in [6.45, 7) is 1.80. The first-order chi connectivity index (χ1) is 13.5. The Labute approximate surface area is 180 Å². The van der Waals surface area contributed by atoms with Gasteiger partial charge < -0.3 is 19.7 Å². The fourth-order valence-electron chi connectivity index (χ4n) is 3.56. The van der Waals surface area contributed by atoms with Gasteiger partial charge in [-0.2, -0.15) is 0 Å². The smallest absolute Gasteiger partial charge is 0.130 e. The molecule has 28 heavy (non-hydrogen) atoms. The van der Waals surface area contributed by atoms with E-state index in [1.54, 1.807) is 14.0 Å². The first-order valence-electron chi connectivity index (χ1n) is 8.95. The molecule has 4 rings (SSSR count). The van der Waals surface area contributed by atoms with E-state index in [9.17, 15) is 5.11 Å². The standard InChI is InChI=1S/C22H20Br2N2O2/c1-13(27)22(25-16-5-7-17(28-2)8-6-16)26-20-9-3-14(23)11-18(20)19-12-15(24)4-10-21(19)26/h3-13,22,25,27H,1-2H3. The molecule has 1 heterocycles. The van der Waals surface area contributed by atoms with Crippen molar-refractivity contribution in [3.8, 4) is 5.75 Å². The number of aliphatic hydroxyl groups is 1. The average Bonchev–Trinajstić information content (AvgIpc) is 2.99. The summed E-state index contributed by atoms with van der Waals surface area (Å²) in [6, 6.07) is 20.2. The molecule has 0 radical (unpaired) electrons. The molecule has 4 aromatic rings. The lowest BCUT2D eigenvalue weighted by atomic mass is 10.2. The first kappa shape index (κ1) is 19.3. The highest BCUT2D eigenvalue weighted by atomic mass is 79.9. The molecule has 2 N–H and O–H groups in total. The number of aromatic nitrogens is 1. The van der Waals surface area contributed by atoms with Gasteiger partial charge in [-0.25, -0.2) is 0 Å². The van der Waals surface area contributed by atoms with Crippen LogP contribution in [-0.4, -0.2) is 22.9 Å². The lowest BCUT2D eigenvalue weighted by Crippen LogP contribution is -2.28. The second-order valence-corrected chi connectivity index (χ2v) is 8.58. The fourth-order valence-corrected chi connectivity index (χ4v) is 4.28. The van der Waals surface area contributed by atoms with E-state index in [0.29, 0.717) is 0 Å². The van der Waals surface area contributed by atoms with Crippen LogP contribution in [-0.2, 0) is 0 Å². The van der Waals surface area contributed by atoms with Gasteiger partial charge in [-0.05, 0) is 67.6 Å². The summed E-state index contributed by atoms with van der Waals surface area (Å²) in [4.78, 5) is 0. The number of ether oxygens (including phenoxy) is 1. The summed E-state index contributed by atoms with van der Waals surface area (Å²) >= 11 is 7.16. The zero-order valence-corrected chi connectivity index (χ0v) is 18.7. The van der Waals surface area contributed by atoms with E-state index in [-0.39, 0.29) is 6.17 Å². The molecule has 0 aliphatic heterocycles. The lowest BCUT2D eigenvalue weighted by molar-refractivity contribution is 0.147. The Hall–Kier alpha value is -2.02. The molecule has 0 aliphatic rings. The molecule has 2 atom stereocenters. The van der Waals surface area contributed by atoms with Gasteiger partial charge in [0.25, 0.3) is 0 Å². The van der Waals surface area contributed by atoms with Gasteiger partial charge in [0.1, 0.15) is 11.9 Å². The molecular formula is C22H20Br2N2O2. The van der Waals surface area contributed by atoms with E-state index < -0.39 is 6.10 Å². The van der Waals surface area contributed by atoms with Gasteiger partial charge >= 0.3 is 0 Å². The quantitative estimate of drug-likeness (QED) is 0.335.